The molecule has 7 nitrogen and oxygen atoms in total. The minimum absolute atomic E-state index is 0. The number of aliphatic hydroxyl groups excluding tert-OH is 1. The molecule has 4 rings (SSSR count). The first-order valence-corrected chi connectivity index (χ1v) is 12.2. The molecule has 0 saturated heterocycles. The van der Waals surface area contributed by atoms with Crippen molar-refractivity contribution in [3.05, 3.63) is 107 Å². The molecule has 1 atom stereocenters. The van der Waals surface area contributed by atoms with E-state index in [0.717, 1.165) is 28.3 Å². The number of hydrogen-bond donors (Lipinski definition) is 1. The number of benzene rings is 3. The Morgan fingerprint density at radius 2 is 1.79 bits per heavy atom. The van der Waals surface area contributed by atoms with Crippen molar-refractivity contribution in [2.45, 2.75) is 25.7 Å². The zero-order valence-corrected chi connectivity index (χ0v) is 23.2. The number of carbonyl (C=O) groups is 1. The van der Waals surface area contributed by atoms with Crippen LogP contribution in [0.4, 0.5) is 10.1 Å². The largest absolute Gasteiger partial charge is 0.497 e. The van der Waals surface area contributed by atoms with E-state index in [9.17, 15) is 14.3 Å². The van der Waals surface area contributed by atoms with Crippen LogP contribution in [-0.2, 0) is 33.4 Å². The summed E-state index contributed by atoms with van der Waals surface area (Å²) in [6.07, 6.45) is 3.96. The van der Waals surface area contributed by atoms with Crippen molar-refractivity contribution in [1.82, 2.24) is 0 Å². The predicted molar refractivity (Wildman–Crippen MR) is 147 cm³/mol. The first kappa shape index (κ1) is 29.6. The average Bonchev–Trinajstić information content (AvgIpc) is 3.16. The third-order valence-electron chi connectivity index (χ3n) is 6.72. The summed E-state index contributed by atoms with van der Waals surface area (Å²) in [4.78, 5) is 13.8. The Labute approximate surface area is 237 Å². The molecule has 205 valence electrons. The number of likely N-dealkylation sites (N-methyl/N-ethyl adjacent to an activating group) is 1. The minimum atomic E-state index is -0.505. The predicted octanol–water partition coefficient (Wildman–Crippen LogP) is 5.83. The van der Waals surface area contributed by atoms with E-state index in [2.05, 4.69) is 33.7 Å². The fourth-order valence-electron chi connectivity index (χ4n) is 4.86. The number of nitrogens with zero attached hydrogens (tertiary/aromatic N) is 3. The van der Waals surface area contributed by atoms with Crippen molar-refractivity contribution in [2.75, 3.05) is 25.7 Å². The maximum atomic E-state index is 14.0. The number of aliphatic hydroxyl groups is 1. The third-order valence-corrected chi connectivity index (χ3v) is 6.72. The van der Waals surface area contributed by atoms with Crippen LogP contribution in [0.1, 0.15) is 40.9 Å². The molecule has 1 N–H and O–H groups in total. The number of anilines is 1. The molecule has 39 heavy (non-hydrogen) atoms. The van der Waals surface area contributed by atoms with E-state index in [1.54, 1.807) is 43.5 Å². The number of halogens is 1. The fraction of sp³-hybridized carbons (Fsp3) is 0.233. The van der Waals surface area contributed by atoms with Crippen LogP contribution in [-0.4, -0.2) is 44.0 Å². The van der Waals surface area contributed by atoms with Gasteiger partial charge in [0.25, 0.3) is 0 Å². The Kier molecular flexibility index (Phi) is 9.66. The van der Waals surface area contributed by atoms with Gasteiger partial charge in [0.15, 0.2) is 0 Å². The Morgan fingerprint density at radius 1 is 1.08 bits per heavy atom. The standard InChI is InChI=1S/C30H30FN3O4.Co/c1-5-34-26-14-13-24(37-3)18-25(26)30(2,19-20-7-6-8-23(31)17-20)27(34)15-16-32-33-28(35)21-9-11-22(12-10-21)29(36)38-4;/h6-18H,5,19H2,1-4H3,(H,33,35);/b27-15-,32-16+;. The third kappa shape index (κ3) is 6.21. The van der Waals surface area contributed by atoms with Gasteiger partial charge < -0.3 is 19.5 Å². The molecule has 3 aromatic rings. The van der Waals surface area contributed by atoms with E-state index in [0.29, 0.717) is 24.1 Å². The molecule has 0 saturated carbocycles. The van der Waals surface area contributed by atoms with E-state index >= 15 is 0 Å². The van der Waals surface area contributed by atoms with Crippen LogP contribution < -0.4 is 9.64 Å². The van der Waals surface area contributed by atoms with Crippen molar-refractivity contribution in [2.24, 2.45) is 10.2 Å². The molecule has 9 heteroatoms. The molecule has 0 amide bonds. The van der Waals surface area contributed by atoms with E-state index in [-0.39, 0.29) is 28.5 Å². The topological polar surface area (TPSA) is 83.7 Å². The number of carbonyl (C=O) groups excluding carboxylic acids is 1. The smallest absolute Gasteiger partial charge is 0.337 e. The second-order valence-electron chi connectivity index (χ2n) is 9.08. The molecule has 0 aliphatic carbocycles. The molecule has 0 aromatic heterocycles. The molecular weight excluding hydrogens is 544 g/mol. The summed E-state index contributed by atoms with van der Waals surface area (Å²) in [7, 11) is 2.94. The van der Waals surface area contributed by atoms with E-state index in [1.807, 2.05) is 30.3 Å². The second-order valence-corrected chi connectivity index (χ2v) is 9.08. The molecule has 1 unspecified atom stereocenters. The molecule has 0 fully saturated rings. The summed E-state index contributed by atoms with van der Waals surface area (Å²) in [5.74, 6) is -0.285. The normalized spacial score (nSPS) is 17.7. The van der Waals surface area contributed by atoms with Crippen molar-refractivity contribution < 1.29 is 40.5 Å². The van der Waals surface area contributed by atoms with Crippen LogP contribution in [0.5, 0.6) is 5.75 Å². The van der Waals surface area contributed by atoms with Crippen LogP contribution in [0.15, 0.2) is 88.7 Å². The van der Waals surface area contributed by atoms with Crippen molar-refractivity contribution in [3.8, 4) is 5.75 Å². The zero-order chi connectivity index (χ0) is 27.3. The van der Waals surface area contributed by atoms with Crippen LogP contribution in [0.25, 0.3) is 0 Å². The number of methoxy groups -OCH3 is 2. The average molecular weight is 575 g/mol. The minimum Gasteiger partial charge on any atom is -0.497 e. The summed E-state index contributed by atoms with van der Waals surface area (Å²) in [5.41, 5.74) is 4.22. The molecule has 3 aromatic carbocycles. The number of esters is 1. The Morgan fingerprint density at radius 3 is 2.44 bits per heavy atom. The van der Waals surface area contributed by atoms with E-state index in [1.165, 1.54) is 19.4 Å². The van der Waals surface area contributed by atoms with Gasteiger partial charge in [0.05, 0.1) is 26.0 Å². The first-order valence-electron chi connectivity index (χ1n) is 12.2. The maximum Gasteiger partial charge on any atom is 0.337 e. The van der Waals surface area contributed by atoms with Gasteiger partial charge in [0.2, 0.25) is 5.90 Å². The second kappa shape index (κ2) is 12.7. The van der Waals surface area contributed by atoms with Gasteiger partial charge in [-0.1, -0.05) is 12.1 Å². The number of rotatable bonds is 8. The Bertz CT molecular complexity index is 1420. The van der Waals surface area contributed by atoms with Gasteiger partial charge in [-0.2, -0.15) is 5.10 Å². The van der Waals surface area contributed by atoms with Crippen molar-refractivity contribution >= 4 is 23.8 Å². The maximum absolute atomic E-state index is 14.0. The van der Waals surface area contributed by atoms with Gasteiger partial charge in [-0.15, -0.1) is 5.10 Å². The van der Waals surface area contributed by atoms with E-state index < -0.39 is 11.4 Å². The molecule has 1 aliphatic heterocycles. The summed E-state index contributed by atoms with van der Waals surface area (Å²) < 4.78 is 24.2. The van der Waals surface area contributed by atoms with Gasteiger partial charge in [-0.3, -0.25) is 0 Å². The van der Waals surface area contributed by atoms with Crippen LogP contribution >= 0.6 is 0 Å². The number of ether oxygens (including phenoxy) is 2. The van der Waals surface area contributed by atoms with Crippen LogP contribution in [0, 0.1) is 5.82 Å². The van der Waals surface area contributed by atoms with Gasteiger partial charge in [-0.05, 0) is 92.1 Å². The number of hydrogen-bond acceptors (Lipinski definition) is 6. The van der Waals surface area contributed by atoms with Crippen molar-refractivity contribution in [3.63, 3.8) is 0 Å². The van der Waals surface area contributed by atoms with Gasteiger partial charge >= 0.3 is 5.97 Å². The van der Waals surface area contributed by atoms with Gasteiger partial charge in [0, 0.05) is 45.7 Å². The zero-order valence-electron chi connectivity index (χ0n) is 22.1. The molecule has 0 spiro atoms. The molecule has 1 aliphatic rings. The number of allylic oxidation sites excluding steroid dienone is 2. The summed E-state index contributed by atoms with van der Waals surface area (Å²) in [5, 5.41) is 18.3. The molecular formula is C30H30CoFN3O4. The summed E-state index contributed by atoms with van der Waals surface area (Å²) in [6.45, 7) is 4.89. The Balaban J connectivity index is 0.00000420. The number of fused-ring (bicyclic) bond motifs is 1. The van der Waals surface area contributed by atoms with Crippen LogP contribution in [0.3, 0.4) is 0 Å². The van der Waals surface area contributed by atoms with Gasteiger partial charge in [0.1, 0.15) is 11.6 Å². The van der Waals surface area contributed by atoms with E-state index in [4.69, 9.17) is 4.74 Å². The first-order chi connectivity index (χ1) is 18.3. The van der Waals surface area contributed by atoms with Gasteiger partial charge in [-0.25, -0.2) is 9.18 Å². The summed E-state index contributed by atoms with van der Waals surface area (Å²) in [6, 6.07) is 18.8. The molecule has 0 bridgehead atoms. The molecule has 1 heterocycles. The summed E-state index contributed by atoms with van der Waals surface area (Å²) >= 11 is 0. The van der Waals surface area contributed by atoms with Crippen LogP contribution in [0.2, 0.25) is 0 Å². The SMILES string of the molecule is CCN1/C(=C\C=N\N=C(O)c2ccc(C(=O)OC)cc2)C(C)(Cc2cccc(F)c2)c2cc(OC)ccc21.[Co]. The van der Waals surface area contributed by atoms with Crippen molar-refractivity contribution in [1.29, 1.82) is 0 Å². The quantitative estimate of drug-likeness (QED) is 0.158. The molecule has 1 radical (unpaired) electrons. The monoisotopic (exact) mass is 574 g/mol. The fourth-order valence-corrected chi connectivity index (χ4v) is 4.86. The Hall–Kier alpha value is -3.95.